The van der Waals surface area contributed by atoms with Gasteiger partial charge in [0.05, 0.1) is 18.0 Å². The smallest absolute Gasteiger partial charge is 0.332 e. The molecule has 1 aromatic rings. The van der Waals surface area contributed by atoms with Crippen LogP contribution in [0.4, 0.5) is 5.69 Å². The number of hydrogen-bond donors (Lipinski definition) is 1. The molecule has 5 heteroatoms. The minimum absolute atomic E-state index is 0.313. The zero-order chi connectivity index (χ0) is 12.3. The summed E-state index contributed by atoms with van der Waals surface area (Å²) in [5.74, 6) is 0.333. The second-order valence-electron chi connectivity index (χ2n) is 3.48. The molecule has 0 saturated heterocycles. The Balaban J connectivity index is 2.15. The third-order valence-electron chi connectivity index (χ3n) is 2.20. The molecule has 0 radical (unpaired) electrons. The van der Waals surface area contributed by atoms with Gasteiger partial charge in [-0.05, 0) is 25.1 Å². The maximum absolute atomic E-state index is 11.3. The van der Waals surface area contributed by atoms with Crippen molar-refractivity contribution in [1.82, 2.24) is 0 Å². The van der Waals surface area contributed by atoms with Crippen molar-refractivity contribution >= 4 is 23.3 Å². The fourth-order valence-electron chi connectivity index (χ4n) is 1.49. The summed E-state index contributed by atoms with van der Waals surface area (Å²) in [5, 5.41) is 3.69. The van der Waals surface area contributed by atoms with Crippen molar-refractivity contribution in [3.05, 3.63) is 35.0 Å². The predicted molar refractivity (Wildman–Crippen MR) is 65.3 cm³/mol. The maximum Gasteiger partial charge on any atom is 0.332 e. The molecule has 90 valence electrons. The van der Waals surface area contributed by atoms with E-state index >= 15 is 0 Å². The van der Waals surface area contributed by atoms with Crippen molar-refractivity contribution in [2.45, 2.75) is 6.92 Å². The zero-order valence-corrected chi connectivity index (χ0v) is 10.1. The van der Waals surface area contributed by atoms with E-state index in [0.29, 0.717) is 23.9 Å². The molecule has 1 aromatic carbocycles. The van der Waals surface area contributed by atoms with Crippen LogP contribution in [0.3, 0.4) is 0 Å². The number of esters is 1. The monoisotopic (exact) mass is 253 g/mol. The van der Waals surface area contributed by atoms with Gasteiger partial charge in [-0.15, -0.1) is 0 Å². The maximum atomic E-state index is 11.3. The first-order valence-electron chi connectivity index (χ1n) is 5.25. The summed E-state index contributed by atoms with van der Waals surface area (Å²) in [5.41, 5.74) is 1.40. The topological polar surface area (TPSA) is 47.6 Å². The summed E-state index contributed by atoms with van der Waals surface area (Å²) >= 11 is 5.87. The third-order valence-corrected chi connectivity index (χ3v) is 2.43. The zero-order valence-electron chi connectivity index (χ0n) is 9.33. The van der Waals surface area contributed by atoms with Gasteiger partial charge in [0, 0.05) is 11.1 Å². The summed E-state index contributed by atoms with van der Waals surface area (Å²) in [6.45, 7) is 2.43. The second kappa shape index (κ2) is 5.10. The quantitative estimate of drug-likeness (QED) is 0.650. The molecule has 1 aliphatic rings. The normalized spacial score (nSPS) is 15.8. The standard InChI is InChI=1S/C12H12ClNO3/c1-2-16-12(15)6-9-7-17-11-4-3-8(13)5-10(11)14-9/h3-6,14H,2,7H2,1H3/b9-6-. The van der Waals surface area contributed by atoms with Crippen molar-refractivity contribution in [3.8, 4) is 5.75 Å². The lowest BCUT2D eigenvalue weighted by atomic mass is 10.2. The molecule has 0 unspecified atom stereocenters. The van der Waals surface area contributed by atoms with Gasteiger partial charge in [0.2, 0.25) is 0 Å². The first-order chi connectivity index (χ1) is 8.19. The van der Waals surface area contributed by atoms with E-state index in [1.165, 1.54) is 6.08 Å². The lowest BCUT2D eigenvalue weighted by molar-refractivity contribution is -0.137. The Morgan fingerprint density at radius 3 is 3.24 bits per heavy atom. The largest absolute Gasteiger partial charge is 0.485 e. The number of carbonyl (C=O) groups is 1. The number of rotatable bonds is 2. The number of fused-ring (bicyclic) bond motifs is 1. The van der Waals surface area contributed by atoms with Crippen LogP contribution in [0.2, 0.25) is 5.02 Å². The van der Waals surface area contributed by atoms with E-state index in [-0.39, 0.29) is 5.97 Å². The molecule has 4 nitrogen and oxygen atoms in total. The molecule has 1 heterocycles. The Bertz CT molecular complexity index is 471. The van der Waals surface area contributed by atoms with Crippen LogP contribution in [-0.2, 0) is 9.53 Å². The summed E-state index contributed by atoms with van der Waals surface area (Å²) in [4.78, 5) is 11.3. The number of hydrogen-bond acceptors (Lipinski definition) is 4. The number of nitrogens with one attached hydrogen (secondary N) is 1. The molecule has 0 amide bonds. The Morgan fingerprint density at radius 2 is 2.47 bits per heavy atom. The van der Waals surface area contributed by atoms with E-state index < -0.39 is 0 Å². The molecule has 17 heavy (non-hydrogen) atoms. The third kappa shape index (κ3) is 2.91. The van der Waals surface area contributed by atoms with Gasteiger partial charge in [-0.1, -0.05) is 11.6 Å². The molecular formula is C12H12ClNO3. The van der Waals surface area contributed by atoms with Crippen LogP contribution in [-0.4, -0.2) is 19.2 Å². The number of anilines is 1. The molecule has 0 spiro atoms. The Hall–Kier alpha value is -1.68. The highest BCUT2D eigenvalue weighted by Gasteiger charge is 2.14. The summed E-state index contributed by atoms with van der Waals surface area (Å²) < 4.78 is 10.3. The lowest BCUT2D eigenvalue weighted by Crippen LogP contribution is -2.18. The van der Waals surface area contributed by atoms with E-state index in [4.69, 9.17) is 21.1 Å². The molecule has 0 saturated carbocycles. The molecule has 1 aliphatic heterocycles. The Labute approximate surface area is 104 Å². The number of ether oxygens (including phenoxy) is 2. The van der Waals surface area contributed by atoms with Crippen molar-refractivity contribution in [2.24, 2.45) is 0 Å². The van der Waals surface area contributed by atoms with Gasteiger partial charge in [-0.2, -0.15) is 0 Å². The Kier molecular flexibility index (Phi) is 3.54. The Morgan fingerprint density at radius 1 is 1.65 bits per heavy atom. The minimum Gasteiger partial charge on any atom is -0.485 e. The molecular weight excluding hydrogens is 242 g/mol. The number of benzene rings is 1. The van der Waals surface area contributed by atoms with E-state index in [2.05, 4.69) is 5.32 Å². The molecule has 0 aromatic heterocycles. The van der Waals surface area contributed by atoms with Gasteiger partial charge >= 0.3 is 5.97 Å². The van der Waals surface area contributed by atoms with Gasteiger partial charge < -0.3 is 14.8 Å². The minimum atomic E-state index is -0.385. The van der Waals surface area contributed by atoms with E-state index in [1.807, 2.05) is 0 Å². The molecule has 0 fully saturated rings. The van der Waals surface area contributed by atoms with Crippen LogP contribution in [0.1, 0.15) is 6.92 Å². The van der Waals surface area contributed by atoms with E-state index in [1.54, 1.807) is 25.1 Å². The van der Waals surface area contributed by atoms with Crippen LogP contribution in [0.5, 0.6) is 5.75 Å². The number of carbonyl (C=O) groups excluding carboxylic acids is 1. The van der Waals surface area contributed by atoms with Gasteiger partial charge in [-0.3, -0.25) is 0 Å². The summed E-state index contributed by atoms with van der Waals surface area (Å²) in [7, 11) is 0. The van der Waals surface area contributed by atoms with E-state index in [0.717, 1.165) is 11.4 Å². The van der Waals surface area contributed by atoms with Crippen LogP contribution >= 0.6 is 11.6 Å². The van der Waals surface area contributed by atoms with Crippen molar-refractivity contribution in [1.29, 1.82) is 0 Å². The fraction of sp³-hybridized carbons (Fsp3) is 0.250. The predicted octanol–water partition coefficient (Wildman–Crippen LogP) is 2.59. The fourth-order valence-corrected chi connectivity index (χ4v) is 1.67. The van der Waals surface area contributed by atoms with Crippen LogP contribution in [0.15, 0.2) is 30.0 Å². The lowest BCUT2D eigenvalue weighted by Gasteiger charge is -2.21. The van der Waals surface area contributed by atoms with Gasteiger partial charge in [0.25, 0.3) is 0 Å². The van der Waals surface area contributed by atoms with Crippen LogP contribution in [0, 0.1) is 0 Å². The summed E-state index contributed by atoms with van der Waals surface area (Å²) in [6, 6.07) is 5.28. The molecule has 2 rings (SSSR count). The average Bonchev–Trinajstić information content (AvgIpc) is 2.28. The average molecular weight is 254 g/mol. The van der Waals surface area contributed by atoms with Gasteiger partial charge in [0.15, 0.2) is 0 Å². The SMILES string of the molecule is CCOC(=O)/C=C1/COc2ccc(Cl)cc2N1. The molecule has 0 aliphatic carbocycles. The number of halogens is 1. The van der Waals surface area contributed by atoms with Crippen LogP contribution < -0.4 is 10.1 Å². The summed E-state index contributed by atoms with van der Waals surface area (Å²) in [6.07, 6.45) is 1.38. The van der Waals surface area contributed by atoms with Gasteiger partial charge in [-0.25, -0.2) is 4.79 Å². The second-order valence-corrected chi connectivity index (χ2v) is 3.91. The van der Waals surface area contributed by atoms with Crippen LogP contribution in [0.25, 0.3) is 0 Å². The van der Waals surface area contributed by atoms with Crippen molar-refractivity contribution in [3.63, 3.8) is 0 Å². The van der Waals surface area contributed by atoms with Crippen molar-refractivity contribution in [2.75, 3.05) is 18.5 Å². The highest BCUT2D eigenvalue weighted by atomic mass is 35.5. The molecule has 0 atom stereocenters. The first kappa shape index (κ1) is 11.8. The first-order valence-corrected chi connectivity index (χ1v) is 5.63. The van der Waals surface area contributed by atoms with Crippen molar-refractivity contribution < 1.29 is 14.3 Å². The van der Waals surface area contributed by atoms with E-state index in [9.17, 15) is 4.79 Å². The van der Waals surface area contributed by atoms with Gasteiger partial charge in [0.1, 0.15) is 12.4 Å². The molecule has 1 N–H and O–H groups in total. The highest BCUT2D eigenvalue weighted by Crippen LogP contribution is 2.32. The highest BCUT2D eigenvalue weighted by molar-refractivity contribution is 6.31. The molecule has 0 bridgehead atoms.